The summed E-state index contributed by atoms with van der Waals surface area (Å²) in [4.78, 5) is 11.5. The number of alkyl halides is 3. The van der Waals surface area contributed by atoms with Crippen LogP contribution in [0.3, 0.4) is 0 Å². The van der Waals surface area contributed by atoms with Crippen LogP contribution in [0, 0.1) is 5.92 Å². The van der Waals surface area contributed by atoms with Gasteiger partial charge in [0.15, 0.2) is 0 Å². The summed E-state index contributed by atoms with van der Waals surface area (Å²) in [7, 11) is 0. The van der Waals surface area contributed by atoms with E-state index in [1.165, 1.54) is 12.1 Å². The van der Waals surface area contributed by atoms with Crippen molar-refractivity contribution in [3.63, 3.8) is 0 Å². The molecule has 0 spiro atoms. The van der Waals surface area contributed by atoms with Gasteiger partial charge in [-0.15, -0.1) is 0 Å². The van der Waals surface area contributed by atoms with Gasteiger partial charge in [0, 0.05) is 5.69 Å². The fourth-order valence-electron chi connectivity index (χ4n) is 2.18. The number of benzene rings is 1. The van der Waals surface area contributed by atoms with Crippen LogP contribution in [0.2, 0.25) is 0 Å². The van der Waals surface area contributed by atoms with Crippen LogP contribution >= 0.6 is 0 Å². The molecule has 1 aromatic rings. The van der Waals surface area contributed by atoms with E-state index in [0.29, 0.717) is 12.5 Å². The topological polar surface area (TPSA) is 50.4 Å². The van der Waals surface area contributed by atoms with Crippen molar-refractivity contribution < 1.29 is 22.7 Å². The number of ether oxygens (including phenoxy) is 1. The van der Waals surface area contributed by atoms with Crippen LogP contribution in [0.4, 0.5) is 23.7 Å². The fourth-order valence-corrected chi connectivity index (χ4v) is 2.18. The highest BCUT2D eigenvalue weighted by molar-refractivity contribution is 5.84. The maximum absolute atomic E-state index is 12.4. The standard InChI is InChI=1S/C14H17F3N2O2/c15-14(16,17)11-1-3-12(4-2-11)19-13(20)21-8-6-10-5-7-18-9-10/h1-4,10,18H,5-9H2,(H,19,20). The first-order chi connectivity index (χ1) is 9.95. The molecule has 0 bridgehead atoms. The average Bonchev–Trinajstić information content (AvgIpc) is 2.91. The van der Waals surface area contributed by atoms with Gasteiger partial charge in [0.2, 0.25) is 0 Å². The number of hydrogen-bond acceptors (Lipinski definition) is 3. The lowest BCUT2D eigenvalue weighted by atomic mass is 10.1. The number of amides is 1. The van der Waals surface area contributed by atoms with Crippen LogP contribution < -0.4 is 10.6 Å². The van der Waals surface area contributed by atoms with Crippen molar-refractivity contribution >= 4 is 11.8 Å². The monoisotopic (exact) mass is 302 g/mol. The summed E-state index contributed by atoms with van der Waals surface area (Å²) in [6.45, 7) is 2.23. The molecule has 116 valence electrons. The Kier molecular flexibility index (Phi) is 5.06. The van der Waals surface area contributed by atoms with E-state index < -0.39 is 17.8 Å². The second-order valence-electron chi connectivity index (χ2n) is 4.98. The number of nitrogens with one attached hydrogen (secondary N) is 2. The Morgan fingerprint density at radius 2 is 2.05 bits per heavy atom. The van der Waals surface area contributed by atoms with Crippen molar-refractivity contribution in [2.45, 2.75) is 19.0 Å². The predicted octanol–water partition coefficient (Wildman–Crippen LogP) is 3.25. The van der Waals surface area contributed by atoms with Crippen LogP contribution in [-0.4, -0.2) is 25.8 Å². The first-order valence-electron chi connectivity index (χ1n) is 6.77. The molecular formula is C14H17F3N2O2. The molecule has 7 heteroatoms. The van der Waals surface area contributed by atoms with Crippen LogP contribution in [0.1, 0.15) is 18.4 Å². The minimum Gasteiger partial charge on any atom is -0.449 e. The molecule has 1 unspecified atom stereocenters. The van der Waals surface area contributed by atoms with Crippen LogP contribution in [0.25, 0.3) is 0 Å². The van der Waals surface area contributed by atoms with E-state index in [2.05, 4.69) is 10.6 Å². The van der Waals surface area contributed by atoms with Crippen LogP contribution in [0.5, 0.6) is 0 Å². The van der Waals surface area contributed by atoms with Crippen molar-refractivity contribution in [1.82, 2.24) is 5.32 Å². The SMILES string of the molecule is O=C(Nc1ccc(C(F)(F)F)cc1)OCCC1CCNC1. The van der Waals surface area contributed by atoms with E-state index in [9.17, 15) is 18.0 Å². The maximum Gasteiger partial charge on any atom is 0.416 e. The third kappa shape index (κ3) is 4.93. The zero-order valence-corrected chi connectivity index (χ0v) is 11.4. The zero-order valence-electron chi connectivity index (χ0n) is 11.4. The number of carbonyl (C=O) groups is 1. The molecule has 1 aliphatic heterocycles. The lowest BCUT2D eigenvalue weighted by Crippen LogP contribution is -2.17. The van der Waals surface area contributed by atoms with Gasteiger partial charge in [0.1, 0.15) is 0 Å². The Morgan fingerprint density at radius 3 is 2.62 bits per heavy atom. The molecular weight excluding hydrogens is 285 g/mol. The van der Waals surface area contributed by atoms with Gasteiger partial charge < -0.3 is 10.1 Å². The minimum atomic E-state index is -4.38. The van der Waals surface area contributed by atoms with E-state index in [4.69, 9.17) is 4.74 Å². The molecule has 1 aliphatic rings. The van der Waals surface area contributed by atoms with Gasteiger partial charge in [-0.25, -0.2) is 4.79 Å². The maximum atomic E-state index is 12.4. The van der Waals surface area contributed by atoms with E-state index in [-0.39, 0.29) is 5.69 Å². The van der Waals surface area contributed by atoms with Crippen molar-refractivity contribution in [1.29, 1.82) is 0 Å². The number of anilines is 1. The summed E-state index contributed by atoms with van der Waals surface area (Å²) >= 11 is 0. The van der Waals surface area contributed by atoms with Crippen molar-refractivity contribution in [2.24, 2.45) is 5.92 Å². The van der Waals surface area contributed by atoms with E-state index in [0.717, 1.165) is 38.1 Å². The van der Waals surface area contributed by atoms with Crippen molar-refractivity contribution in [3.8, 4) is 0 Å². The quantitative estimate of drug-likeness (QED) is 0.897. The summed E-state index contributed by atoms with van der Waals surface area (Å²) in [6.07, 6.45) is -3.17. The molecule has 0 aromatic heterocycles. The van der Waals surface area contributed by atoms with Gasteiger partial charge >= 0.3 is 12.3 Å². The third-order valence-corrected chi connectivity index (χ3v) is 3.38. The molecule has 2 rings (SSSR count). The Hall–Kier alpha value is -1.76. The molecule has 0 radical (unpaired) electrons. The van der Waals surface area contributed by atoms with Crippen LogP contribution in [0.15, 0.2) is 24.3 Å². The highest BCUT2D eigenvalue weighted by Crippen LogP contribution is 2.29. The van der Waals surface area contributed by atoms with Gasteiger partial charge in [-0.2, -0.15) is 13.2 Å². The second kappa shape index (κ2) is 6.80. The zero-order chi connectivity index (χ0) is 15.3. The number of hydrogen-bond donors (Lipinski definition) is 2. The lowest BCUT2D eigenvalue weighted by Gasteiger charge is -2.11. The lowest BCUT2D eigenvalue weighted by molar-refractivity contribution is -0.137. The van der Waals surface area contributed by atoms with Gasteiger partial charge in [-0.05, 0) is 56.1 Å². The highest BCUT2D eigenvalue weighted by atomic mass is 19.4. The predicted molar refractivity (Wildman–Crippen MR) is 72.0 cm³/mol. The van der Waals surface area contributed by atoms with Gasteiger partial charge in [-0.3, -0.25) is 5.32 Å². The first kappa shape index (κ1) is 15.6. The van der Waals surface area contributed by atoms with Crippen molar-refractivity contribution in [3.05, 3.63) is 29.8 Å². The molecule has 0 aliphatic carbocycles. The molecule has 1 heterocycles. The normalized spacial score (nSPS) is 18.5. The average molecular weight is 302 g/mol. The molecule has 21 heavy (non-hydrogen) atoms. The number of carbonyl (C=O) groups excluding carboxylic acids is 1. The molecule has 1 aromatic carbocycles. The second-order valence-corrected chi connectivity index (χ2v) is 4.98. The number of rotatable bonds is 4. The summed E-state index contributed by atoms with van der Waals surface area (Å²) in [5, 5.41) is 5.62. The Bertz CT molecular complexity index is 468. The summed E-state index contributed by atoms with van der Waals surface area (Å²) in [5.74, 6) is 0.517. The van der Waals surface area contributed by atoms with E-state index >= 15 is 0 Å². The summed E-state index contributed by atoms with van der Waals surface area (Å²) in [6, 6.07) is 4.23. The largest absolute Gasteiger partial charge is 0.449 e. The van der Waals surface area contributed by atoms with Crippen LogP contribution in [-0.2, 0) is 10.9 Å². The number of halogens is 3. The molecule has 4 nitrogen and oxygen atoms in total. The summed E-state index contributed by atoms with van der Waals surface area (Å²) in [5.41, 5.74) is -0.481. The smallest absolute Gasteiger partial charge is 0.416 e. The fraction of sp³-hybridized carbons (Fsp3) is 0.500. The van der Waals surface area contributed by atoms with E-state index in [1.54, 1.807) is 0 Å². The van der Waals surface area contributed by atoms with Gasteiger partial charge in [0.25, 0.3) is 0 Å². The molecule has 1 fully saturated rings. The van der Waals surface area contributed by atoms with Gasteiger partial charge in [0.05, 0.1) is 12.2 Å². The molecule has 1 amide bonds. The Morgan fingerprint density at radius 1 is 1.33 bits per heavy atom. The molecule has 2 N–H and O–H groups in total. The highest BCUT2D eigenvalue weighted by Gasteiger charge is 2.30. The first-order valence-corrected chi connectivity index (χ1v) is 6.77. The summed E-state index contributed by atoms with van der Waals surface area (Å²) < 4.78 is 42.1. The third-order valence-electron chi connectivity index (χ3n) is 3.38. The van der Waals surface area contributed by atoms with Crippen molar-refractivity contribution in [2.75, 3.05) is 25.0 Å². The Labute approximate surface area is 120 Å². The molecule has 0 saturated carbocycles. The Balaban J connectivity index is 1.74. The van der Waals surface area contributed by atoms with Gasteiger partial charge in [-0.1, -0.05) is 0 Å². The van der Waals surface area contributed by atoms with E-state index in [1.807, 2.05) is 0 Å². The minimum absolute atomic E-state index is 0.274. The molecule has 1 saturated heterocycles. The molecule has 1 atom stereocenters.